The minimum atomic E-state index is -1.42. The first-order valence-corrected chi connectivity index (χ1v) is 5.48. The van der Waals surface area contributed by atoms with E-state index < -0.39 is 7.12 Å². The summed E-state index contributed by atoms with van der Waals surface area (Å²) in [5.74, 6) is 0.865. The molecule has 78 valence electrons. The highest BCUT2D eigenvalue weighted by atomic mass is 16.4. The summed E-state index contributed by atoms with van der Waals surface area (Å²) in [4.78, 5) is 8.40. The van der Waals surface area contributed by atoms with Crippen LogP contribution in [0, 0.1) is 0 Å². The largest absolute Gasteiger partial charge is 0.492 e. The van der Waals surface area contributed by atoms with Gasteiger partial charge >= 0.3 is 7.12 Å². The van der Waals surface area contributed by atoms with E-state index in [-0.39, 0.29) is 0 Å². The van der Waals surface area contributed by atoms with Gasteiger partial charge in [0, 0.05) is 28.7 Å². The van der Waals surface area contributed by atoms with Crippen molar-refractivity contribution in [2.75, 3.05) is 0 Å². The first kappa shape index (κ1) is 9.30. The van der Waals surface area contributed by atoms with Gasteiger partial charge in [-0.25, -0.2) is 9.97 Å². The Morgan fingerprint density at radius 2 is 1.47 bits per heavy atom. The first-order valence-electron chi connectivity index (χ1n) is 5.48. The van der Waals surface area contributed by atoms with Gasteiger partial charge in [-0.1, -0.05) is 0 Å². The molecule has 15 heavy (non-hydrogen) atoms. The summed E-state index contributed by atoms with van der Waals surface area (Å²) >= 11 is 0. The van der Waals surface area contributed by atoms with Crippen molar-refractivity contribution in [2.24, 2.45) is 0 Å². The quantitative estimate of drug-likeness (QED) is 0.675. The van der Waals surface area contributed by atoms with Gasteiger partial charge in [-0.05, 0) is 25.7 Å². The third kappa shape index (κ3) is 1.66. The van der Waals surface area contributed by atoms with Gasteiger partial charge in [0.05, 0.1) is 0 Å². The van der Waals surface area contributed by atoms with Crippen molar-refractivity contribution in [1.29, 1.82) is 0 Å². The molecule has 5 heteroatoms. The van der Waals surface area contributed by atoms with Crippen molar-refractivity contribution in [3.63, 3.8) is 0 Å². The Labute approximate surface area is 88.5 Å². The van der Waals surface area contributed by atoms with Gasteiger partial charge in [0.1, 0.15) is 6.33 Å². The van der Waals surface area contributed by atoms with E-state index in [0.717, 1.165) is 37.1 Å². The second-order valence-corrected chi connectivity index (χ2v) is 4.48. The van der Waals surface area contributed by atoms with E-state index in [9.17, 15) is 10.0 Å². The van der Waals surface area contributed by atoms with Crippen molar-refractivity contribution in [3.8, 4) is 0 Å². The third-order valence-corrected chi connectivity index (χ3v) is 3.13. The lowest BCUT2D eigenvalue weighted by atomic mass is 9.75. The molecule has 2 aliphatic carbocycles. The smallest absolute Gasteiger partial charge is 0.423 e. The Kier molecular flexibility index (Phi) is 2.04. The topological polar surface area (TPSA) is 66.2 Å². The molecule has 1 aromatic rings. The molecule has 1 heterocycles. The molecule has 0 radical (unpaired) electrons. The molecule has 4 nitrogen and oxygen atoms in total. The van der Waals surface area contributed by atoms with Crippen molar-refractivity contribution < 1.29 is 10.0 Å². The fraction of sp³-hybridized carbons (Fsp3) is 0.600. The number of hydrogen-bond donors (Lipinski definition) is 2. The summed E-state index contributed by atoms with van der Waals surface area (Å²) in [5.41, 5.74) is 2.31. The van der Waals surface area contributed by atoms with Gasteiger partial charge in [0.25, 0.3) is 0 Å². The normalized spacial score (nSPS) is 20.4. The van der Waals surface area contributed by atoms with Crippen LogP contribution in [0.3, 0.4) is 0 Å². The summed E-state index contributed by atoms with van der Waals surface area (Å²) in [6.45, 7) is 0. The van der Waals surface area contributed by atoms with Gasteiger partial charge in [0.15, 0.2) is 0 Å². The monoisotopic (exact) mass is 204 g/mol. The van der Waals surface area contributed by atoms with Crippen LogP contribution >= 0.6 is 0 Å². The third-order valence-electron chi connectivity index (χ3n) is 3.13. The highest BCUT2D eigenvalue weighted by Crippen LogP contribution is 2.42. The summed E-state index contributed by atoms with van der Waals surface area (Å²) in [6.07, 6.45) is 6.01. The van der Waals surface area contributed by atoms with Crippen molar-refractivity contribution in [3.05, 3.63) is 17.7 Å². The van der Waals surface area contributed by atoms with Crippen LogP contribution < -0.4 is 5.46 Å². The molecule has 1 aromatic heterocycles. The summed E-state index contributed by atoms with van der Waals surface area (Å²) < 4.78 is 0. The fourth-order valence-electron chi connectivity index (χ4n) is 2.05. The molecule has 0 aliphatic heterocycles. The Balaban J connectivity index is 2.08. The molecule has 2 fully saturated rings. The molecular weight excluding hydrogens is 191 g/mol. The maximum absolute atomic E-state index is 9.41. The van der Waals surface area contributed by atoms with E-state index in [1.165, 1.54) is 0 Å². The zero-order valence-corrected chi connectivity index (χ0v) is 8.43. The molecule has 0 unspecified atom stereocenters. The van der Waals surface area contributed by atoms with Crippen LogP contribution in [-0.4, -0.2) is 27.1 Å². The number of rotatable bonds is 3. The Bertz CT molecular complexity index is 359. The van der Waals surface area contributed by atoms with Crippen molar-refractivity contribution in [1.82, 2.24) is 9.97 Å². The zero-order chi connectivity index (χ0) is 10.4. The van der Waals surface area contributed by atoms with Crippen LogP contribution in [-0.2, 0) is 0 Å². The summed E-state index contributed by atoms with van der Waals surface area (Å²) in [6, 6.07) is 0. The predicted octanol–water partition coefficient (Wildman–Crippen LogP) is -0.0888. The average Bonchev–Trinajstić information content (AvgIpc) is 3.07. The molecule has 0 bridgehead atoms. The maximum atomic E-state index is 9.41. The molecule has 3 rings (SSSR count). The molecule has 2 aliphatic rings. The molecular formula is C10H13BN2O2. The molecule has 0 saturated heterocycles. The molecule has 2 saturated carbocycles. The number of nitrogens with zero attached hydrogens (tertiary/aromatic N) is 2. The van der Waals surface area contributed by atoms with Crippen LogP contribution in [0.25, 0.3) is 0 Å². The minimum Gasteiger partial charge on any atom is -0.423 e. The van der Waals surface area contributed by atoms with Gasteiger partial charge in [-0.3, -0.25) is 0 Å². The number of hydrogen-bond acceptors (Lipinski definition) is 4. The molecule has 2 N–H and O–H groups in total. The maximum Gasteiger partial charge on any atom is 0.492 e. The summed E-state index contributed by atoms with van der Waals surface area (Å²) in [5, 5.41) is 18.8. The predicted molar refractivity (Wildman–Crippen MR) is 55.8 cm³/mol. The highest BCUT2D eigenvalue weighted by Gasteiger charge is 2.37. The SMILES string of the molecule is OB(O)c1c(C2CC2)ncnc1C1CC1. The highest BCUT2D eigenvalue weighted by molar-refractivity contribution is 6.59. The van der Waals surface area contributed by atoms with Crippen molar-refractivity contribution >= 4 is 12.6 Å². The van der Waals surface area contributed by atoms with E-state index in [4.69, 9.17) is 0 Å². The lowest BCUT2D eigenvalue weighted by Crippen LogP contribution is -2.37. The molecule has 0 amide bonds. The Morgan fingerprint density at radius 1 is 1.00 bits per heavy atom. The second-order valence-electron chi connectivity index (χ2n) is 4.48. The second kappa shape index (κ2) is 3.28. The van der Waals surface area contributed by atoms with Crippen LogP contribution in [0.1, 0.15) is 48.9 Å². The lowest BCUT2D eigenvalue weighted by Gasteiger charge is -2.10. The van der Waals surface area contributed by atoms with E-state index in [1.807, 2.05) is 0 Å². The van der Waals surface area contributed by atoms with Crippen LogP contribution in [0.15, 0.2) is 6.33 Å². The van der Waals surface area contributed by atoms with Crippen LogP contribution in [0.5, 0.6) is 0 Å². The van der Waals surface area contributed by atoms with Crippen molar-refractivity contribution in [2.45, 2.75) is 37.5 Å². The van der Waals surface area contributed by atoms with E-state index in [1.54, 1.807) is 6.33 Å². The average molecular weight is 204 g/mol. The molecule has 0 atom stereocenters. The fourth-order valence-corrected chi connectivity index (χ4v) is 2.05. The van der Waals surface area contributed by atoms with Gasteiger partial charge in [-0.2, -0.15) is 0 Å². The van der Waals surface area contributed by atoms with Gasteiger partial charge < -0.3 is 10.0 Å². The lowest BCUT2D eigenvalue weighted by molar-refractivity contribution is 0.424. The molecule has 0 spiro atoms. The first-order chi connectivity index (χ1) is 7.27. The minimum absolute atomic E-state index is 0.433. The molecule has 0 aromatic carbocycles. The number of aromatic nitrogens is 2. The van der Waals surface area contributed by atoms with Gasteiger partial charge in [0.2, 0.25) is 0 Å². The van der Waals surface area contributed by atoms with Crippen LogP contribution in [0.4, 0.5) is 0 Å². The van der Waals surface area contributed by atoms with E-state index in [2.05, 4.69) is 9.97 Å². The standard InChI is InChI=1S/C10H13BN2O2/c14-11(15)8-9(6-1-2-6)12-5-13-10(8)7-3-4-7/h5-7,14-15H,1-4H2. The van der Waals surface area contributed by atoms with Crippen LogP contribution in [0.2, 0.25) is 0 Å². The zero-order valence-electron chi connectivity index (χ0n) is 8.43. The van der Waals surface area contributed by atoms with E-state index >= 15 is 0 Å². The Hall–Kier alpha value is -0.935. The van der Waals surface area contributed by atoms with E-state index in [0.29, 0.717) is 17.3 Å². The Morgan fingerprint density at radius 3 is 1.80 bits per heavy atom. The summed E-state index contributed by atoms with van der Waals surface area (Å²) in [7, 11) is -1.42. The van der Waals surface area contributed by atoms with Gasteiger partial charge in [-0.15, -0.1) is 0 Å².